The monoisotopic (exact) mass is 178 g/mol. The highest BCUT2D eigenvalue weighted by Crippen LogP contribution is 1.99. The minimum Gasteiger partial charge on any atom is -0.504 e. The normalized spacial score (nSPS) is 10.4. The second-order valence-corrected chi connectivity index (χ2v) is 2.54. The van der Waals surface area contributed by atoms with Gasteiger partial charge in [0.25, 0.3) is 0 Å². The highest BCUT2D eigenvalue weighted by molar-refractivity contribution is 6.59. The van der Waals surface area contributed by atoms with E-state index in [4.69, 9.17) is 14.8 Å². The maximum Gasteiger partial charge on any atom is 0.489 e. The van der Waals surface area contributed by atoms with Crippen LogP contribution in [0.3, 0.4) is 0 Å². The van der Waals surface area contributed by atoms with Gasteiger partial charge in [-0.3, -0.25) is 0 Å². The SMILES string of the molecule is COC=Cc1ccccc1B(O)O. The molecule has 0 aliphatic heterocycles. The molecule has 0 spiro atoms. The molecule has 0 saturated carbocycles. The van der Waals surface area contributed by atoms with Crippen LogP contribution in [0.25, 0.3) is 6.08 Å². The van der Waals surface area contributed by atoms with E-state index in [0.29, 0.717) is 5.46 Å². The van der Waals surface area contributed by atoms with Crippen molar-refractivity contribution in [3.63, 3.8) is 0 Å². The second-order valence-electron chi connectivity index (χ2n) is 2.54. The van der Waals surface area contributed by atoms with E-state index in [-0.39, 0.29) is 0 Å². The molecule has 0 amide bonds. The lowest BCUT2D eigenvalue weighted by atomic mass is 9.77. The van der Waals surface area contributed by atoms with Gasteiger partial charge in [-0.1, -0.05) is 24.3 Å². The fourth-order valence-corrected chi connectivity index (χ4v) is 1.04. The zero-order chi connectivity index (χ0) is 9.68. The van der Waals surface area contributed by atoms with Gasteiger partial charge >= 0.3 is 7.12 Å². The summed E-state index contributed by atoms with van der Waals surface area (Å²) < 4.78 is 4.74. The van der Waals surface area contributed by atoms with Gasteiger partial charge in [-0.05, 0) is 17.1 Å². The Hall–Kier alpha value is -1.26. The highest BCUT2D eigenvalue weighted by Gasteiger charge is 2.13. The summed E-state index contributed by atoms with van der Waals surface area (Å²) in [5, 5.41) is 18.0. The fourth-order valence-electron chi connectivity index (χ4n) is 1.04. The third-order valence-corrected chi connectivity index (χ3v) is 1.66. The smallest absolute Gasteiger partial charge is 0.489 e. The molecule has 0 aromatic heterocycles. The first kappa shape index (κ1) is 9.83. The van der Waals surface area contributed by atoms with Gasteiger partial charge in [0.15, 0.2) is 0 Å². The van der Waals surface area contributed by atoms with Crippen molar-refractivity contribution >= 4 is 18.7 Å². The van der Waals surface area contributed by atoms with E-state index < -0.39 is 7.12 Å². The van der Waals surface area contributed by atoms with Gasteiger partial charge in [0.2, 0.25) is 0 Å². The van der Waals surface area contributed by atoms with Crippen LogP contribution in [0.5, 0.6) is 0 Å². The van der Waals surface area contributed by atoms with E-state index in [0.717, 1.165) is 5.56 Å². The van der Waals surface area contributed by atoms with E-state index in [1.54, 1.807) is 24.3 Å². The van der Waals surface area contributed by atoms with Crippen LogP contribution in [0.15, 0.2) is 30.5 Å². The quantitative estimate of drug-likeness (QED) is 0.505. The zero-order valence-corrected chi connectivity index (χ0v) is 7.34. The molecule has 0 atom stereocenters. The van der Waals surface area contributed by atoms with Crippen LogP contribution in [0, 0.1) is 0 Å². The molecule has 68 valence electrons. The molecule has 0 heterocycles. The van der Waals surface area contributed by atoms with Crippen molar-refractivity contribution in [3.8, 4) is 0 Å². The molecule has 0 aliphatic rings. The molecule has 0 fully saturated rings. The third-order valence-electron chi connectivity index (χ3n) is 1.66. The van der Waals surface area contributed by atoms with Crippen LogP contribution in [0.4, 0.5) is 0 Å². The molecule has 1 rings (SSSR count). The maximum atomic E-state index is 8.98. The summed E-state index contributed by atoms with van der Waals surface area (Å²) >= 11 is 0. The van der Waals surface area contributed by atoms with E-state index in [9.17, 15) is 0 Å². The predicted molar refractivity (Wildman–Crippen MR) is 52.3 cm³/mol. The second kappa shape index (κ2) is 4.69. The largest absolute Gasteiger partial charge is 0.504 e. The molecule has 0 aliphatic carbocycles. The Labute approximate surface area is 77.4 Å². The molecule has 1 aromatic rings. The average Bonchev–Trinajstić information content (AvgIpc) is 2.15. The van der Waals surface area contributed by atoms with Crippen molar-refractivity contribution in [2.45, 2.75) is 0 Å². The van der Waals surface area contributed by atoms with E-state index in [1.807, 2.05) is 6.07 Å². The summed E-state index contributed by atoms with van der Waals surface area (Å²) in [7, 11) is 0.0896. The van der Waals surface area contributed by atoms with Crippen molar-refractivity contribution in [1.29, 1.82) is 0 Å². The molecule has 0 radical (unpaired) electrons. The fraction of sp³-hybridized carbons (Fsp3) is 0.111. The maximum absolute atomic E-state index is 8.98. The first-order valence-corrected chi connectivity index (χ1v) is 3.90. The lowest BCUT2D eigenvalue weighted by molar-refractivity contribution is 0.341. The minimum atomic E-state index is -1.45. The van der Waals surface area contributed by atoms with Gasteiger partial charge < -0.3 is 14.8 Å². The Morgan fingerprint density at radius 3 is 2.62 bits per heavy atom. The van der Waals surface area contributed by atoms with Crippen molar-refractivity contribution in [2.75, 3.05) is 7.11 Å². The first-order chi connectivity index (χ1) is 6.25. The number of methoxy groups -OCH3 is 1. The molecule has 3 nitrogen and oxygen atoms in total. The van der Waals surface area contributed by atoms with Crippen molar-refractivity contribution in [1.82, 2.24) is 0 Å². The summed E-state index contributed by atoms with van der Waals surface area (Å²) in [6.45, 7) is 0. The van der Waals surface area contributed by atoms with Crippen LogP contribution in [-0.4, -0.2) is 24.3 Å². The standard InChI is InChI=1S/C9H11BO3/c1-13-7-6-8-4-2-3-5-9(8)10(11)12/h2-7,11-12H,1H3. The molecule has 4 heteroatoms. The lowest BCUT2D eigenvalue weighted by Gasteiger charge is -2.03. The van der Waals surface area contributed by atoms with E-state index >= 15 is 0 Å². The first-order valence-electron chi connectivity index (χ1n) is 3.90. The van der Waals surface area contributed by atoms with E-state index in [2.05, 4.69) is 0 Å². The molecule has 0 unspecified atom stereocenters. The molecule has 0 bridgehead atoms. The predicted octanol–water partition coefficient (Wildman–Crippen LogP) is -0.0165. The van der Waals surface area contributed by atoms with Crippen LogP contribution < -0.4 is 5.46 Å². The third kappa shape index (κ3) is 2.61. The summed E-state index contributed by atoms with van der Waals surface area (Å²) in [5.74, 6) is 0. The highest BCUT2D eigenvalue weighted by atomic mass is 16.5. The number of hydrogen-bond acceptors (Lipinski definition) is 3. The Morgan fingerprint density at radius 2 is 2.00 bits per heavy atom. The topological polar surface area (TPSA) is 49.7 Å². The van der Waals surface area contributed by atoms with Gasteiger partial charge in [-0.15, -0.1) is 0 Å². The summed E-state index contributed by atoms with van der Waals surface area (Å²) in [6, 6.07) is 7.00. The van der Waals surface area contributed by atoms with Crippen LogP contribution >= 0.6 is 0 Å². The average molecular weight is 178 g/mol. The summed E-state index contributed by atoms with van der Waals surface area (Å²) in [4.78, 5) is 0. The lowest BCUT2D eigenvalue weighted by Crippen LogP contribution is -2.31. The molecule has 1 aromatic carbocycles. The minimum absolute atomic E-state index is 0.468. The number of rotatable bonds is 3. The van der Waals surface area contributed by atoms with Crippen molar-refractivity contribution in [2.24, 2.45) is 0 Å². The summed E-state index contributed by atoms with van der Waals surface area (Å²) in [6.07, 6.45) is 3.16. The Kier molecular flexibility index (Phi) is 3.55. The van der Waals surface area contributed by atoms with Gasteiger partial charge in [0, 0.05) is 0 Å². The van der Waals surface area contributed by atoms with Gasteiger partial charge in [0.1, 0.15) is 0 Å². The Balaban J connectivity index is 2.97. The van der Waals surface area contributed by atoms with Gasteiger partial charge in [0.05, 0.1) is 13.4 Å². The molecular weight excluding hydrogens is 167 g/mol. The molecule has 2 N–H and O–H groups in total. The molecule has 0 saturated heterocycles. The van der Waals surface area contributed by atoms with Crippen LogP contribution in [0.2, 0.25) is 0 Å². The van der Waals surface area contributed by atoms with E-state index in [1.165, 1.54) is 13.4 Å². The zero-order valence-electron chi connectivity index (χ0n) is 7.34. The molecular formula is C9H11BO3. The van der Waals surface area contributed by atoms with Crippen LogP contribution in [-0.2, 0) is 4.74 Å². The van der Waals surface area contributed by atoms with Crippen LogP contribution in [0.1, 0.15) is 5.56 Å². The van der Waals surface area contributed by atoms with Gasteiger partial charge in [-0.2, -0.15) is 0 Å². The molecule has 13 heavy (non-hydrogen) atoms. The Morgan fingerprint density at radius 1 is 1.31 bits per heavy atom. The number of ether oxygens (including phenoxy) is 1. The number of hydrogen-bond donors (Lipinski definition) is 2. The van der Waals surface area contributed by atoms with Gasteiger partial charge in [-0.25, -0.2) is 0 Å². The summed E-state index contributed by atoms with van der Waals surface area (Å²) in [5.41, 5.74) is 1.20. The van der Waals surface area contributed by atoms with Crippen molar-refractivity contribution in [3.05, 3.63) is 36.1 Å². The number of benzene rings is 1. The van der Waals surface area contributed by atoms with Crippen molar-refractivity contribution < 1.29 is 14.8 Å². The Bertz CT molecular complexity index is 297.